The number of hydrogen-bond donors (Lipinski definition) is 2. The summed E-state index contributed by atoms with van der Waals surface area (Å²) in [6.07, 6.45) is 1.41. The van der Waals surface area contributed by atoms with E-state index in [9.17, 15) is 19.7 Å². The molecule has 0 bridgehead atoms. The van der Waals surface area contributed by atoms with Gasteiger partial charge in [-0.2, -0.15) is 5.10 Å². The first-order valence-corrected chi connectivity index (χ1v) is 9.69. The van der Waals surface area contributed by atoms with E-state index in [0.29, 0.717) is 22.7 Å². The number of nitrogens with zero attached hydrogens (tertiary/aromatic N) is 2. The summed E-state index contributed by atoms with van der Waals surface area (Å²) < 4.78 is 10.6. The predicted molar refractivity (Wildman–Crippen MR) is 122 cm³/mol. The number of rotatable bonds is 9. The molecule has 0 spiro atoms. The largest absolute Gasteiger partial charge is 0.497 e. The Morgan fingerprint density at radius 1 is 1.03 bits per heavy atom. The number of methoxy groups -OCH3 is 1. The van der Waals surface area contributed by atoms with Crippen LogP contribution in [0.1, 0.15) is 15.9 Å². The number of ether oxygens (including phenoxy) is 2. The van der Waals surface area contributed by atoms with Gasteiger partial charge in [0, 0.05) is 23.4 Å². The van der Waals surface area contributed by atoms with Crippen molar-refractivity contribution in [2.45, 2.75) is 0 Å². The molecule has 0 aliphatic rings. The van der Waals surface area contributed by atoms with E-state index in [0.717, 1.165) is 0 Å². The van der Waals surface area contributed by atoms with Gasteiger partial charge in [-0.1, -0.05) is 12.1 Å². The summed E-state index contributed by atoms with van der Waals surface area (Å²) >= 11 is 0. The maximum absolute atomic E-state index is 12.1. The number of hydrogen-bond acceptors (Lipinski definition) is 7. The molecule has 0 unspecified atom stereocenters. The van der Waals surface area contributed by atoms with Crippen molar-refractivity contribution < 1.29 is 24.0 Å². The summed E-state index contributed by atoms with van der Waals surface area (Å²) in [5.74, 6) is 0.301. The average molecular weight is 448 g/mol. The third-order valence-electron chi connectivity index (χ3n) is 4.32. The maximum Gasteiger partial charge on any atom is 0.271 e. The van der Waals surface area contributed by atoms with E-state index >= 15 is 0 Å². The van der Waals surface area contributed by atoms with Crippen LogP contribution in [0.4, 0.5) is 11.4 Å². The number of nitro benzene ring substituents is 1. The Labute approximate surface area is 189 Å². The van der Waals surface area contributed by atoms with Crippen LogP contribution in [-0.2, 0) is 4.79 Å². The van der Waals surface area contributed by atoms with Crippen molar-refractivity contribution in [3.05, 3.63) is 94.0 Å². The van der Waals surface area contributed by atoms with Crippen molar-refractivity contribution in [1.82, 2.24) is 5.43 Å². The molecule has 33 heavy (non-hydrogen) atoms. The van der Waals surface area contributed by atoms with Gasteiger partial charge >= 0.3 is 0 Å². The van der Waals surface area contributed by atoms with Crippen LogP contribution in [0.25, 0.3) is 0 Å². The Morgan fingerprint density at radius 3 is 2.42 bits per heavy atom. The van der Waals surface area contributed by atoms with E-state index in [1.54, 1.807) is 55.6 Å². The average Bonchev–Trinajstić information content (AvgIpc) is 2.83. The summed E-state index contributed by atoms with van der Waals surface area (Å²) in [4.78, 5) is 34.3. The molecule has 0 saturated heterocycles. The first kappa shape index (κ1) is 22.9. The fourth-order valence-electron chi connectivity index (χ4n) is 2.67. The van der Waals surface area contributed by atoms with E-state index in [4.69, 9.17) is 9.47 Å². The monoisotopic (exact) mass is 448 g/mol. The van der Waals surface area contributed by atoms with Crippen molar-refractivity contribution in [2.75, 3.05) is 19.0 Å². The lowest BCUT2D eigenvalue weighted by atomic mass is 10.2. The quantitative estimate of drug-likeness (QED) is 0.293. The molecule has 2 amide bonds. The smallest absolute Gasteiger partial charge is 0.271 e. The van der Waals surface area contributed by atoms with E-state index < -0.39 is 10.8 Å². The highest BCUT2D eigenvalue weighted by Gasteiger charge is 2.09. The highest BCUT2D eigenvalue weighted by atomic mass is 16.6. The molecule has 168 valence electrons. The number of nitro groups is 1. The summed E-state index contributed by atoms with van der Waals surface area (Å²) in [5, 5.41) is 17.3. The zero-order valence-corrected chi connectivity index (χ0v) is 17.6. The Bertz CT molecular complexity index is 1160. The SMILES string of the molecule is COc1ccc(NC(=O)COc2cccc(/C=N/NC(=O)c3ccc([N+](=O)[O-])cc3)c2)cc1. The minimum Gasteiger partial charge on any atom is -0.497 e. The number of benzene rings is 3. The normalized spacial score (nSPS) is 10.5. The van der Waals surface area contributed by atoms with Gasteiger partial charge in [-0.3, -0.25) is 19.7 Å². The second-order valence-corrected chi connectivity index (χ2v) is 6.64. The van der Waals surface area contributed by atoms with Crippen molar-refractivity contribution in [3.8, 4) is 11.5 Å². The molecular weight excluding hydrogens is 428 g/mol. The summed E-state index contributed by atoms with van der Waals surface area (Å²) in [7, 11) is 1.56. The zero-order valence-electron chi connectivity index (χ0n) is 17.6. The van der Waals surface area contributed by atoms with Crippen molar-refractivity contribution in [2.24, 2.45) is 5.10 Å². The zero-order chi connectivity index (χ0) is 23.6. The molecule has 0 radical (unpaired) electrons. The number of nitrogens with one attached hydrogen (secondary N) is 2. The lowest BCUT2D eigenvalue weighted by Crippen LogP contribution is -2.20. The van der Waals surface area contributed by atoms with E-state index in [1.807, 2.05) is 0 Å². The number of non-ortho nitro benzene ring substituents is 1. The Hall–Kier alpha value is -4.73. The second-order valence-electron chi connectivity index (χ2n) is 6.64. The van der Waals surface area contributed by atoms with Crippen LogP contribution in [0.5, 0.6) is 11.5 Å². The number of hydrazone groups is 1. The van der Waals surface area contributed by atoms with E-state index in [2.05, 4.69) is 15.8 Å². The third-order valence-corrected chi connectivity index (χ3v) is 4.32. The Morgan fingerprint density at radius 2 is 1.76 bits per heavy atom. The minimum atomic E-state index is -0.544. The molecule has 0 atom stereocenters. The standard InChI is InChI=1S/C23H20N4O6/c1-32-20-11-7-18(8-12-20)25-22(28)15-33-21-4-2-3-16(13-21)14-24-26-23(29)17-5-9-19(10-6-17)27(30)31/h2-14H,15H2,1H3,(H,25,28)(H,26,29)/b24-14+. The number of anilines is 1. The molecule has 3 aromatic rings. The Balaban J connectivity index is 1.50. The maximum atomic E-state index is 12.1. The molecule has 0 fully saturated rings. The van der Waals surface area contributed by atoms with Crippen LogP contribution in [0, 0.1) is 10.1 Å². The summed E-state index contributed by atoms with van der Waals surface area (Å²) in [5.41, 5.74) is 3.73. The van der Waals surface area contributed by atoms with Gasteiger partial charge in [0.05, 0.1) is 18.2 Å². The van der Waals surface area contributed by atoms with Crippen LogP contribution in [0.2, 0.25) is 0 Å². The molecule has 10 nitrogen and oxygen atoms in total. The molecular formula is C23H20N4O6. The van der Waals surface area contributed by atoms with Crippen LogP contribution in [0.15, 0.2) is 77.9 Å². The first-order valence-electron chi connectivity index (χ1n) is 9.69. The highest BCUT2D eigenvalue weighted by Crippen LogP contribution is 2.16. The molecule has 2 N–H and O–H groups in total. The number of carbonyl (C=O) groups is 2. The van der Waals surface area contributed by atoms with Gasteiger partial charge in [0.15, 0.2) is 6.61 Å². The molecule has 0 aromatic heterocycles. The van der Waals surface area contributed by atoms with Gasteiger partial charge in [-0.05, 0) is 54.1 Å². The molecule has 0 aliphatic heterocycles. The van der Waals surface area contributed by atoms with Gasteiger partial charge < -0.3 is 14.8 Å². The van der Waals surface area contributed by atoms with Crippen molar-refractivity contribution in [1.29, 1.82) is 0 Å². The Kier molecular flexibility index (Phi) is 7.68. The molecule has 3 aromatic carbocycles. The van der Waals surface area contributed by atoms with Crippen LogP contribution in [0.3, 0.4) is 0 Å². The van der Waals surface area contributed by atoms with Crippen LogP contribution in [-0.4, -0.2) is 36.7 Å². The van der Waals surface area contributed by atoms with E-state index in [1.165, 1.54) is 30.5 Å². The highest BCUT2D eigenvalue weighted by molar-refractivity contribution is 5.95. The number of amides is 2. The minimum absolute atomic E-state index is 0.107. The third kappa shape index (κ3) is 6.89. The van der Waals surface area contributed by atoms with Crippen molar-refractivity contribution in [3.63, 3.8) is 0 Å². The molecule has 0 heterocycles. The predicted octanol–water partition coefficient (Wildman–Crippen LogP) is 3.38. The second kappa shape index (κ2) is 11.0. The van der Waals surface area contributed by atoms with Gasteiger partial charge in [-0.25, -0.2) is 5.43 Å². The fourth-order valence-corrected chi connectivity index (χ4v) is 2.67. The molecule has 3 rings (SSSR count). The first-order chi connectivity index (χ1) is 15.9. The topological polar surface area (TPSA) is 132 Å². The van der Waals surface area contributed by atoms with Gasteiger partial charge in [0.2, 0.25) is 0 Å². The van der Waals surface area contributed by atoms with Gasteiger partial charge in [0.1, 0.15) is 11.5 Å². The lowest BCUT2D eigenvalue weighted by molar-refractivity contribution is -0.384. The van der Waals surface area contributed by atoms with Crippen molar-refractivity contribution >= 4 is 29.4 Å². The fraction of sp³-hybridized carbons (Fsp3) is 0.0870. The van der Waals surface area contributed by atoms with E-state index in [-0.39, 0.29) is 23.8 Å². The molecule has 0 saturated carbocycles. The lowest BCUT2D eigenvalue weighted by Gasteiger charge is -2.08. The summed E-state index contributed by atoms with van der Waals surface area (Å²) in [6, 6.07) is 18.9. The van der Waals surface area contributed by atoms with Crippen LogP contribution >= 0.6 is 0 Å². The molecule has 0 aliphatic carbocycles. The molecule has 10 heteroatoms. The summed E-state index contributed by atoms with van der Waals surface area (Å²) in [6.45, 7) is -0.191. The van der Waals surface area contributed by atoms with Gasteiger partial charge in [-0.15, -0.1) is 0 Å². The van der Waals surface area contributed by atoms with Crippen LogP contribution < -0.4 is 20.2 Å². The van der Waals surface area contributed by atoms with Gasteiger partial charge in [0.25, 0.3) is 17.5 Å². The number of carbonyl (C=O) groups excluding carboxylic acids is 2.